The third-order valence-electron chi connectivity index (χ3n) is 4.01. The Morgan fingerprint density at radius 1 is 1.15 bits per heavy atom. The van der Waals surface area contributed by atoms with E-state index in [4.69, 9.17) is 16.3 Å². The molecule has 2 heterocycles. The van der Waals surface area contributed by atoms with Crippen LogP contribution in [0.5, 0.6) is 5.75 Å². The summed E-state index contributed by atoms with van der Waals surface area (Å²) in [6.45, 7) is 0. The molecule has 0 saturated heterocycles. The first kappa shape index (κ1) is 18.5. The lowest BCUT2D eigenvalue weighted by Gasteiger charge is -2.20. The molecular formula is C16H14ClN5O5. The standard InChI is InChI=1S/C16H14ClN5O5/c1-20-15(25)13(23)9(7-18-20)12-14(24)22(16(26)21(2)19-12)11-5-4-8(27-3)6-10(11)17/h4-7,9H,1-3H3. The van der Waals surface area contributed by atoms with Crippen LogP contribution in [-0.2, 0) is 16.6 Å². The van der Waals surface area contributed by atoms with Crippen LogP contribution in [0, 0.1) is 0 Å². The van der Waals surface area contributed by atoms with Gasteiger partial charge in [-0.05, 0) is 12.1 Å². The molecule has 1 amide bonds. The van der Waals surface area contributed by atoms with Gasteiger partial charge in [0.15, 0.2) is 0 Å². The predicted molar refractivity (Wildman–Crippen MR) is 95.6 cm³/mol. The van der Waals surface area contributed by atoms with Gasteiger partial charge in [-0.1, -0.05) is 11.6 Å². The van der Waals surface area contributed by atoms with Crippen LogP contribution in [0.2, 0.25) is 5.02 Å². The van der Waals surface area contributed by atoms with Gasteiger partial charge in [-0.2, -0.15) is 10.2 Å². The minimum Gasteiger partial charge on any atom is -0.497 e. The van der Waals surface area contributed by atoms with Gasteiger partial charge in [0.25, 0.3) is 5.56 Å². The number of amides is 1. The third-order valence-corrected chi connectivity index (χ3v) is 4.32. The maximum atomic E-state index is 12.9. The van der Waals surface area contributed by atoms with E-state index in [1.807, 2.05) is 0 Å². The Hall–Kier alpha value is -3.27. The van der Waals surface area contributed by atoms with E-state index in [1.54, 1.807) is 0 Å². The second-order valence-electron chi connectivity index (χ2n) is 5.68. The van der Waals surface area contributed by atoms with Crippen molar-refractivity contribution in [2.75, 3.05) is 14.2 Å². The molecule has 0 spiro atoms. The molecule has 0 saturated carbocycles. The van der Waals surface area contributed by atoms with E-state index in [9.17, 15) is 19.2 Å². The second-order valence-corrected chi connectivity index (χ2v) is 6.09. The number of ether oxygens (including phenoxy) is 1. The van der Waals surface area contributed by atoms with E-state index < -0.39 is 28.9 Å². The van der Waals surface area contributed by atoms with Crippen LogP contribution >= 0.6 is 11.6 Å². The van der Waals surface area contributed by atoms with Crippen molar-refractivity contribution < 1.29 is 14.3 Å². The lowest BCUT2D eigenvalue weighted by molar-refractivity contribution is -0.144. The predicted octanol–water partition coefficient (Wildman–Crippen LogP) is -0.296. The van der Waals surface area contributed by atoms with E-state index in [0.717, 1.165) is 20.5 Å². The van der Waals surface area contributed by atoms with Crippen LogP contribution in [0.3, 0.4) is 0 Å². The number of hydrogen-bond donors (Lipinski definition) is 0. The molecule has 0 N–H and O–H groups in total. The van der Waals surface area contributed by atoms with Crippen LogP contribution in [-0.4, -0.2) is 51.4 Å². The molecule has 27 heavy (non-hydrogen) atoms. The first-order valence-corrected chi connectivity index (χ1v) is 8.04. The number of aromatic nitrogens is 3. The number of likely N-dealkylation sites (N-methyl/N-ethyl adjacent to an activating group) is 1. The molecule has 11 heteroatoms. The first-order valence-electron chi connectivity index (χ1n) is 7.66. The van der Waals surface area contributed by atoms with Crippen molar-refractivity contribution in [3.63, 3.8) is 0 Å². The summed E-state index contributed by atoms with van der Waals surface area (Å²) in [6, 6.07) is 4.40. The highest BCUT2D eigenvalue weighted by atomic mass is 35.5. The number of carbonyl (C=O) groups is 2. The Labute approximate surface area is 157 Å². The number of Topliss-reactive ketones (excluding diaryl/α,β-unsaturated/α-hetero) is 1. The molecule has 1 atom stereocenters. The summed E-state index contributed by atoms with van der Waals surface area (Å²) in [5, 5.41) is 8.60. The van der Waals surface area contributed by atoms with Crippen molar-refractivity contribution in [3.8, 4) is 11.4 Å². The fourth-order valence-corrected chi connectivity index (χ4v) is 2.83. The van der Waals surface area contributed by atoms with Crippen LogP contribution in [0.25, 0.3) is 5.69 Å². The van der Waals surface area contributed by atoms with Gasteiger partial charge in [0.1, 0.15) is 17.4 Å². The fraction of sp³-hybridized carbons (Fsp3) is 0.250. The summed E-state index contributed by atoms with van der Waals surface area (Å²) >= 11 is 6.19. The molecule has 0 aliphatic carbocycles. The number of methoxy groups -OCH3 is 1. The van der Waals surface area contributed by atoms with Crippen LogP contribution < -0.4 is 16.0 Å². The van der Waals surface area contributed by atoms with Gasteiger partial charge < -0.3 is 4.74 Å². The molecule has 1 aliphatic heterocycles. The number of carbonyl (C=O) groups excluding carboxylic acids is 2. The summed E-state index contributed by atoms with van der Waals surface area (Å²) in [4.78, 5) is 49.6. The highest BCUT2D eigenvalue weighted by Gasteiger charge is 2.35. The van der Waals surface area contributed by atoms with Crippen LogP contribution in [0.1, 0.15) is 11.6 Å². The third kappa shape index (κ3) is 3.04. The highest BCUT2D eigenvalue weighted by Crippen LogP contribution is 2.24. The monoisotopic (exact) mass is 391 g/mol. The minimum atomic E-state index is -1.30. The normalized spacial score (nSPS) is 16.7. The zero-order valence-electron chi connectivity index (χ0n) is 14.5. The van der Waals surface area contributed by atoms with E-state index in [0.29, 0.717) is 5.75 Å². The molecule has 10 nitrogen and oxygen atoms in total. The summed E-state index contributed by atoms with van der Waals surface area (Å²) < 4.78 is 6.73. The molecule has 2 aromatic rings. The van der Waals surface area contributed by atoms with Gasteiger partial charge in [-0.3, -0.25) is 14.4 Å². The Bertz CT molecular complexity index is 1100. The Morgan fingerprint density at radius 3 is 2.48 bits per heavy atom. The van der Waals surface area contributed by atoms with Crippen molar-refractivity contribution in [1.82, 2.24) is 19.4 Å². The van der Waals surface area contributed by atoms with Crippen molar-refractivity contribution in [1.29, 1.82) is 0 Å². The number of aryl methyl sites for hydroxylation is 1. The maximum absolute atomic E-state index is 12.9. The van der Waals surface area contributed by atoms with Gasteiger partial charge in [0.2, 0.25) is 5.78 Å². The van der Waals surface area contributed by atoms with Crippen molar-refractivity contribution in [2.45, 2.75) is 5.92 Å². The molecule has 0 bridgehead atoms. The van der Waals surface area contributed by atoms with E-state index in [1.165, 1.54) is 39.4 Å². The zero-order valence-corrected chi connectivity index (χ0v) is 15.3. The number of rotatable bonds is 3. The maximum Gasteiger partial charge on any atom is 0.351 e. The largest absolute Gasteiger partial charge is 0.497 e. The quantitative estimate of drug-likeness (QED) is 0.663. The summed E-state index contributed by atoms with van der Waals surface area (Å²) in [5.74, 6) is -2.61. The molecule has 1 aromatic carbocycles. The average molecular weight is 392 g/mol. The molecule has 0 fully saturated rings. The smallest absolute Gasteiger partial charge is 0.351 e. The van der Waals surface area contributed by atoms with Gasteiger partial charge in [0, 0.05) is 26.4 Å². The fourth-order valence-electron chi connectivity index (χ4n) is 2.57. The van der Waals surface area contributed by atoms with Crippen molar-refractivity contribution >= 4 is 29.5 Å². The number of nitrogens with zero attached hydrogens (tertiary/aromatic N) is 5. The summed E-state index contributed by atoms with van der Waals surface area (Å²) in [7, 11) is 4.08. The number of benzene rings is 1. The lowest BCUT2D eigenvalue weighted by atomic mass is 10.00. The number of hydrazone groups is 1. The van der Waals surface area contributed by atoms with Gasteiger partial charge in [0.05, 0.1) is 17.8 Å². The Kier molecular flexibility index (Phi) is 4.66. The molecule has 1 unspecified atom stereocenters. The molecule has 1 aliphatic rings. The Balaban J connectivity index is 2.26. The van der Waals surface area contributed by atoms with Gasteiger partial charge in [-0.25, -0.2) is 19.1 Å². The SMILES string of the molecule is COc1ccc(-n2c(=O)c(C3C=NN(C)C(=O)C3=O)nn(C)c2=O)c(Cl)c1. The van der Waals surface area contributed by atoms with E-state index in [-0.39, 0.29) is 16.4 Å². The van der Waals surface area contributed by atoms with E-state index in [2.05, 4.69) is 10.2 Å². The lowest BCUT2D eigenvalue weighted by Crippen LogP contribution is -2.46. The topological polar surface area (TPSA) is 116 Å². The zero-order chi connectivity index (χ0) is 19.9. The minimum absolute atomic E-state index is 0.0881. The highest BCUT2D eigenvalue weighted by molar-refractivity contribution is 6.42. The summed E-state index contributed by atoms with van der Waals surface area (Å²) in [5.41, 5.74) is -1.85. The molecule has 0 radical (unpaired) electrons. The molecule has 140 valence electrons. The van der Waals surface area contributed by atoms with Gasteiger partial charge in [-0.15, -0.1) is 0 Å². The molecular weight excluding hydrogens is 378 g/mol. The Morgan fingerprint density at radius 2 is 1.85 bits per heavy atom. The van der Waals surface area contributed by atoms with Crippen LogP contribution in [0.15, 0.2) is 32.9 Å². The van der Waals surface area contributed by atoms with Gasteiger partial charge >= 0.3 is 11.6 Å². The van der Waals surface area contributed by atoms with Crippen molar-refractivity contribution in [2.24, 2.45) is 12.1 Å². The number of halogens is 1. The second kappa shape index (κ2) is 6.80. The number of hydrogen-bond acceptors (Lipinski definition) is 7. The first-order chi connectivity index (χ1) is 12.8. The molecule has 3 rings (SSSR count). The number of ketones is 1. The average Bonchev–Trinajstić information content (AvgIpc) is 2.64. The summed E-state index contributed by atoms with van der Waals surface area (Å²) in [6.07, 6.45) is 1.14. The van der Waals surface area contributed by atoms with E-state index >= 15 is 0 Å². The molecule has 1 aromatic heterocycles. The van der Waals surface area contributed by atoms with Crippen LogP contribution in [0.4, 0.5) is 0 Å². The van der Waals surface area contributed by atoms with Crippen molar-refractivity contribution in [3.05, 3.63) is 49.8 Å².